The van der Waals surface area contributed by atoms with E-state index < -0.39 is 0 Å². The molecule has 3 heterocycles. The minimum absolute atomic E-state index is 0.743. The highest BCUT2D eigenvalue weighted by Gasteiger charge is 2.07. The zero-order chi connectivity index (χ0) is 20.9. The molecule has 2 aromatic carbocycles. The van der Waals surface area contributed by atoms with Crippen LogP contribution in [0, 0.1) is 0 Å². The number of hydrogen-bond donors (Lipinski definition) is 1. The van der Waals surface area contributed by atoms with Gasteiger partial charge in [0.1, 0.15) is 12.1 Å². The molecule has 0 saturated carbocycles. The van der Waals surface area contributed by atoms with E-state index in [4.69, 9.17) is 0 Å². The van der Waals surface area contributed by atoms with Gasteiger partial charge in [-0.25, -0.2) is 9.97 Å². The van der Waals surface area contributed by atoms with E-state index in [1.54, 1.807) is 24.9 Å². The Kier molecular flexibility index (Phi) is 5.18. The van der Waals surface area contributed by atoms with Crippen molar-refractivity contribution in [2.45, 2.75) is 6.54 Å². The molecule has 0 radical (unpaired) electrons. The smallest absolute Gasteiger partial charge is 0.141 e. The van der Waals surface area contributed by atoms with Crippen molar-refractivity contribution in [3.8, 4) is 0 Å². The van der Waals surface area contributed by atoms with E-state index in [0.29, 0.717) is 0 Å². The summed E-state index contributed by atoms with van der Waals surface area (Å²) in [5, 5.41) is 9.05. The van der Waals surface area contributed by atoms with Crippen LogP contribution in [0.5, 0.6) is 0 Å². The number of nitrogens with zero attached hydrogens (tertiary/aromatic N) is 5. The predicted molar refractivity (Wildman–Crippen MR) is 124 cm³/mol. The minimum Gasteiger partial charge on any atom is -0.340 e. The lowest BCUT2D eigenvalue weighted by Crippen LogP contribution is -2.01. The summed E-state index contributed by atoms with van der Waals surface area (Å²) in [5.41, 5.74) is 5.23. The fraction of sp³-hybridized carbons (Fsp3) is 0.0400. The maximum absolute atomic E-state index is 4.57. The lowest BCUT2D eigenvalue weighted by molar-refractivity contribution is 0.712. The van der Waals surface area contributed by atoms with Gasteiger partial charge in [-0.15, -0.1) is 0 Å². The number of aromatic nitrogens is 5. The normalized spacial score (nSPS) is 11.2. The van der Waals surface area contributed by atoms with Gasteiger partial charge >= 0.3 is 0 Å². The second-order valence-electron chi connectivity index (χ2n) is 7.13. The molecule has 1 N–H and O–H groups in total. The summed E-state index contributed by atoms with van der Waals surface area (Å²) in [6, 6.07) is 20.5. The maximum Gasteiger partial charge on any atom is 0.141 e. The summed E-state index contributed by atoms with van der Waals surface area (Å²) < 4.78 is 2.02. The largest absolute Gasteiger partial charge is 0.340 e. The first-order chi connectivity index (χ1) is 15.3. The van der Waals surface area contributed by atoms with Crippen LogP contribution in [0.3, 0.4) is 0 Å². The molecule has 0 aliphatic heterocycles. The molecule has 0 amide bonds. The Balaban J connectivity index is 1.38. The van der Waals surface area contributed by atoms with E-state index >= 15 is 0 Å². The van der Waals surface area contributed by atoms with Gasteiger partial charge < -0.3 is 5.32 Å². The average Bonchev–Trinajstić information content (AvgIpc) is 3.22. The molecule has 5 aromatic rings. The number of benzene rings is 2. The zero-order valence-electron chi connectivity index (χ0n) is 16.8. The van der Waals surface area contributed by atoms with Gasteiger partial charge in [-0.05, 0) is 47.5 Å². The van der Waals surface area contributed by atoms with Gasteiger partial charge in [0, 0.05) is 35.2 Å². The Bertz CT molecular complexity index is 1330. The van der Waals surface area contributed by atoms with Crippen LogP contribution in [0.4, 0.5) is 11.5 Å². The van der Waals surface area contributed by atoms with Crippen LogP contribution in [0.15, 0.2) is 91.8 Å². The molecule has 3 aromatic heterocycles. The van der Waals surface area contributed by atoms with Crippen molar-refractivity contribution >= 4 is 34.6 Å². The van der Waals surface area contributed by atoms with Crippen LogP contribution in [0.2, 0.25) is 0 Å². The maximum atomic E-state index is 4.57. The van der Waals surface area contributed by atoms with Gasteiger partial charge in [0.25, 0.3) is 0 Å². The molecular weight excluding hydrogens is 384 g/mol. The monoisotopic (exact) mass is 404 g/mol. The molecule has 0 aliphatic carbocycles. The number of hydrogen-bond acceptors (Lipinski definition) is 5. The van der Waals surface area contributed by atoms with Crippen molar-refractivity contribution in [3.63, 3.8) is 0 Å². The molecule has 0 fully saturated rings. The fourth-order valence-electron chi connectivity index (χ4n) is 3.41. The van der Waals surface area contributed by atoms with Crippen LogP contribution in [0.25, 0.3) is 23.1 Å². The van der Waals surface area contributed by atoms with Crippen LogP contribution in [-0.4, -0.2) is 24.7 Å². The van der Waals surface area contributed by atoms with Crippen LogP contribution < -0.4 is 5.32 Å². The van der Waals surface area contributed by atoms with Crippen molar-refractivity contribution in [1.29, 1.82) is 0 Å². The number of pyridine rings is 1. The summed E-state index contributed by atoms with van der Waals surface area (Å²) in [4.78, 5) is 12.6. The van der Waals surface area contributed by atoms with E-state index in [1.165, 1.54) is 5.56 Å². The fourth-order valence-corrected chi connectivity index (χ4v) is 3.41. The minimum atomic E-state index is 0.743. The van der Waals surface area contributed by atoms with Gasteiger partial charge in [-0.3, -0.25) is 9.67 Å². The van der Waals surface area contributed by atoms with Gasteiger partial charge in [0.2, 0.25) is 0 Å². The molecular formula is C25H20N6. The van der Waals surface area contributed by atoms with Gasteiger partial charge in [-0.2, -0.15) is 5.10 Å². The Labute approximate surface area is 180 Å². The van der Waals surface area contributed by atoms with E-state index in [1.807, 2.05) is 59.4 Å². The molecule has 0 saturated heterocycles. The first kappa shape index (κ1) is 18.7. The SMILES string of the molecule is C(=C\c1cncnc1Nc1ccc2c(cnn2Cc2ccccc2)c1)/c1ccncc1. The summed E-state index contributed by atoms with van der Waals surface area (Å²) in [6.07, 6.45) is 12.8. The van der Waals surface area contributed by atoms with Crippen molar-refractivity contribution < 1.29 is 0 Å². The molecule has 0 aliphatic rings. The lowest BCUT2D eigenvalue weighted by atomic mass is 10.2. The van der Waals surface area contributed by atoms with Crippen molar-refractivity contribution in [2.24, 2.45) is 0 Å². The number of anilines is 2. The quantitative estimate of drug-likeness (QED) is 0.422. The molecule has 6 nitrogen and oxygen atoms in total. The second-order valence-corrected chi connectivity index (χ2v) is 7.13. The van der Waals surface area contributed by atoms with E-state index in [0.717, 1.165) is 40.1 Å². The average molecular weight is 404 g/mol. The van der Waals surface area contributed by atoms with Crippen LogP contribution >= 0.6 is 0 Å². The van der Waals surface area contributed by atoms with Crippen LogP contribution in [-0.2, 0) is 6.54 Å². The van der Waals surface area contributed by atoms with E-state index in [9.17, 15) is 0 Å². The lowest BCUT2D eigenvalue weighted by Gasteiger charge is -2.09. The third kappa shape index (κ3) is 4.33. The third-order valence-electron chi connectivity index (χ3n) is 4.98. The van der Waals surface area contributed by atoms with Gasteiger partial charge in [-0.1, -0.05) is 36.4 Å². The molecule has 0 unspecified atom stereocenters. The predicted octanol–water partition coefficient (Wildman–Crippen LogP) is 5.18. The second kappa shape index (κ2) is 8.59. The molecule has 0 bridgehead atoms. The molecule has 0 spiro atoms. The summed E-state index contributed by atoms with van der Waals surface area (Å²) in [7, 11) is 0. The first-order valence-electron chi connectivity index (χ1n) is 10.00. The highest BCUT2D eigenvalue weighted by Crippen LogP contribution is 2.24. The summed E-state index contributed by atoms with van der Waals surface area (Å²) in [6.45, 7) is 0.743. The zero-order valence-corrected chi connectivity index (χ0v) is 16.8. The number of nitrogens with one attached hydrogen (secondary N) is 1. The molecule has 150 valence electrons. The molecule has 5 rings (SSSR count). The Morgan fingerprint density at radius 2 is 1.74 bits per heavy atom. The molecule has 6 heteroatoms. The highest BCUT2D eigenvalue weighted by atomic mass is 15.3. The van der Waals surface area contributed by atoms with Crippen LogP contribution in [0.1, 0.15) is 16.7 Å². The topological polar surface area (TPSA) is 68.5 Å². The Morgan fingerprint density at radius 1 is 0.871 bits per heavy atom. The van der Waals surface area contributed by atoms with E-state index in [2.05, 4.69) is 49.6 Å². The third-order valence-corrected chi connectivity index (χ3v) is 4.98. The van der Waals surface area contributed by atoms with Gasteiger partial charge in [0.05, 0.1) is 18.3 Å². The number of fused-ring (bicyclic) bond motifs is 1. The Morgan fingerprint density at radius 3 is 2.61 bits per heavy atom. The van der Waals surface area contributed by atoms with E-state index in [-0.39, 0.29) is 0 Å². The summed E-state index contributed by atoms with van der Waals surface area (Å²) >= 11 is 0. The number of rotatable bonds is 6. The standard InChI is InChI=1S/C25H20N6/c1-2-4-20(5-3-1)17-31-24-9-8-23(14-22(24)16-29-31)30-25-21(15-27-18-28-25)7-6-19-10-12-26-13-11-19/h1-16,18H,17H2,(H,27,28,30)/b7-6+. The highest BCUT2D eigenvalue weighted by molar-refractivity contribution is 5.84. The first-order valence-corrected chi connectivity index (χ1v) is 10.00. The molecule has 31 heavy (non-hydrogen) atoms. The summed E-state index contributed by atoms with van der Waals surface area (Å²) in [5.74, 6) is 0.747. The van der Waals surface area contributed by atoms with Crippen molar-refractivity contribution in [2.75, 3.05) is 5.32 Å². The Hall–Kier alpha value is -4.32. The molecule has 0 atom stereocenters. The van der Waals surface area contributed by atoms with Gasteiger partial charge in [0.15, 0.2) is 0 Å². The van der Waals surface area contributed by atoms with Crippen molar-refractivity contribution in [3.05, 3.63) is 108 Å². The van der Waals surface area contributed by atoms with Crippen molar-refractivity contribution in [1.82, 2.24) is 24.7 Å².